The lowest BCUT2D eigenvalue weighted by Crippen LogP contribution is -2.46. The third kappa shape index (κ3) is 3.52. The Labute approximate surface area is 113 Å². The lowest BCUT2D eigenvalue weighted by molar-refractivity contribution is -0.120. The van der Waals surface area contributed by atoms with Gasteiger partial charge in [-0.25, -0.2) is 0 Å². The smallest absolute Gasteiger partial charge is 0.280 e. The first-order valence-electron chi connectivity index (χ1n) is 6.04. The Hall–Kier alpha value is -1.44. The molecule has 19 heavy (non-hydrogen) atoms. The van der Waals surface area contributed by atoms with E-state index in [2.05, 4.69) is 10.0 Å². The van der Waals surface area contributed by atoms with E-state index in [0.29, 0.717) is 13.0 Å². The summed E-state index contributed by atoms with van der Waals surface area (Å²) in [5.74, 6) is -0.267. The van der Waals surface area contributed by atoms with E-state index in [9.17, 15) is 13.2 Å². The zero-order valence-electron chi connectivity index (χ0n) is 10.7. The van der Waals surface area contributed by atoms with Crippen molar-refractivity contribution in [2.45, 2.75) is 19.0 Å². The molecule has 0 aliphatic carbocycles. The molecule has 7 heteroatoms. The van der Waals surface area contributed by atoms with E-state index in [1.165, 1.54) is 11.4 Å². The highest BCUT2D eigenvalue weighted by atomic mass is 32.2. The molecule has 104 valence electrons. The highest BCUT2D eigenvalue weighted by molar-refractivity contribution is 7.87. The zero-order chi connectivity index (χ0) is 13.9. The lowest BCUT2D eigenvalue weighted by Gasteiger charge is -2.19. The van der Waals surface area contributed by atoms with Crippen LogP contribution in [0.5, 0.6) is 0 Å². The molecule has 6 nitrogen and oxygen atoms in total. The van der Waals surface area contributed by atoms with Gasteiger partial charge >= 0.3 is 0 Å². The first-order valence-corrected chi connectivity index (χ1v) is 7.48. The van der Waals surface area contributed by atoms with Crippen molar-refractivity contribution < 1.29 is 13.2 Å². The van der Waals surface area contributed by atoms with Crippen molar-refractivity contribution in [3.63, 3.8) is 0 Å². The van der Waals surface area contributed by atoms with Gasteiger partial charge in [0.2, 0.25) is 5.91 Å². The zero-order valence-corrected chi connectivity index (χ0v) is 11.5. The first-order chi connectivity index (χ1) is 8.99. The van der Waals surface area contributed by atoms with Gasteiger partial charge in [-0.2, -0.15) is 17.4 Å². The Balaban J connectivity index is 2.01. The van der Waals surface area contributed by atoms with Crippen LogP contribution in [-0.4, -0.2) is 38.3 Å². The monoisotopic (exact) mass is 283 g/mol. The van der Waals surface area contributed by atoms with Crippen molar-refractivity contribution in [3.05, 3.63) is 35.9 Å². The van der Waals surface area contributed by atoms with Gasteiger partial charge in [0.1, 0.15) is 6.04 Å². The van der Waals surface area contributed by atoms with Gasteiger partial charge in [0, 0.05) is 20.1 Å². The van der Waals surface area contributed by atoms with E-state index in [0.717, 1.165) is 5.56 Å². The van der Waals surface area contributed by atoms with Crippen LogP contribution in [-0.2, 0) is 21.5 Å². The average Bonchev–Trinajstić information content (AvgIpc) is 2.75. The number of hydrogen-bond acceptors (Lipinski definition) is 3. The lowest BCUT2D eigenvalue weighted by atomic mass is 10.2. The maximum atomic E-state index is 12.1. The van der Waals surface area contributed by atoms with Crippen LogP contribution in [0.4, 0.5) is 0 Å². The van der Waals surface area contributed by atoms with E-state index >= 15 is 0 Å². The van der Waals surface area contributed by atoms with Crippen molar-refractivity contribution in [2.24, 2.45) is 0 Å². The van der Waals surface area contributed by atoms with Crippen LogP contribution in [0.1, 0.15) is 12.0 Å². The molecule has 1 aromatic rings. The molecule has 1 atom stereocenters. The Kier molecular flexibility index (Phi) is 4.18. The number of nitrogens with zero attached hydrogens (tertiary/aromatic N) is 1. The minimum atomic E-state index is -3.65. The normalized spacial score (nSPS) is 19.7. The third-order valence-corrected chi connectivity index (χ3v) is 4.53. The fraction of sp³-hybridized carbons (Fsp3) is 0.417. The summed E-state index contributed by atoms with van der Waals surface area (Å²) in [4.78, 5) is 11.4. The van der Waals surface area contributed by atoms with Gasteiger partial charge in [-0.15, -0.1) is 0 Å². The highest BCUT2D eigenvalue weighted by Gasteiger charge is 2.30. The molecule has 1 saturated heterocycles. The Morgan fingerprint density at radius 1 is 1.37 bits per heavy atom. The summed E-state index contributed by atoms with van der Waals surface area (Å²) in [6.45, 7) is 0.777. The molecule has 0 saturated carbocycles. The minimum absolute atomic E-state index is 0.267. The van der Waals surface area contributed by atoms with E-state index in [1.54, 1.807) is 0 Å². The van der Waals surface area contributed by atoms with E-state index in [4.69, 9.17) is 0 Å². The number of rotatable bonds is 5. The molecule has 1 aromatic carbocycles. The van der Waals surface area contributed by atoms with Crippen LogP contribution in [0.25, 0.3) is 0 Å². The van der Waals surface area contributed by atoms with E-state index in [1.807, 2.05) is 30.3 Å². The SMILES string of the molecule is CN(Cc1ccccc1)S(=O)(=O)NC1CCNC1=O. The summed E-state index contributed by atoms with van der Waals surface area (Å²) in [6, 6.07) is 8.63. The molecule has 0 aromatic heterocycles. The molecule has 0 bridgehead atoms. The number of nitrogens with one attached hydrogen (secondary N) is 2. The van der Waals surface area contributed by atoms with Crippen molar-refractivity contribution in [1.82, 2.24) is 14.3 Å². The average molecular weight is 283 g/mol. The Morgan fingerprint density at radius 2 is 2.05 bits per heavy atom. The van der Waals surface area contributed by atoms with Gasteiger partial charge in [-0.1, -0.05) is 30.3 Å². The molecule has 1 amide bonds. The van der Waals surface area contributed by atoms with E-state index < -0.39 is 16.3 Å². The topological polar surface area (TPSA) is 78.5 Å². The highest BCUT2D eigenvalue weighted by Crippen LogP contribution is 2.08. The summed E-state index contributed by atoms with van der Waals surface area (Å²) in [5.41, 5.74) is 0.895. The van der Waals surface area contributed by atoms with Crippen LogP contribution in [0.3, 0.4) is 0 Å². The van der Waals surface area contributed by atoms with Crippen LogP contribution >= 0.6 is 0 Å². The molecule has 2 rings (SSSR count). The Morgan fingerprint density at radius 3 is 2.63 bits per heavy atom. The second-order valence-corrected chi connectivity index (χ2v) is 6.31. The van der Waals surface area contributed by atoms with Crippen LogP contribution in [0.2, 0.25) is 0 Å². The minimum Gasteiger partial charge on any atom is -0.355 e. The maximum absolute atomic E-state index is 12.1. The largest absolute Gasteiger partial charge is 0.355 e. The van der Waals surface area contributed by atoms with Crippen molar-refractivity contribution in [3.8, 4) is 0 Å². The molecule has 0 radical (unpaired) electrons. The van der Waals surface area contributed by atoms with Crippen molar-refractivity contribution >= 4 is 16.1 Å². The molecule has 1 unspecified atom stereocenters. The molecule has 1 fully saturated rings. The Bertz CT molecular complexity index is 545. The van der Waals surface area contributed by atoms with Gasteiger partial charge in [-0.3, -0.25) is 4.79 Å². The second-order valence-electron chi connectivity index (χ2n) is 4.50. The maximum Gasteiger partial charge on any atom is 0.280 e. The number of amides is 1. The number of benzene rings is 1. The molecule has 1 aliphatic rings. The molecule has 1 aliphatic heterocycles. The second kappa shape index (κ2) is 5.68. The number of carbonyl (C=O) groups excluding carboxylic acids is 1. The fourth-order valence-corrected chi connectivity index (χ4v) is 2.99. The van der Waals surface area contributed by atoms with Gasteiger partial charge in [0.15, 0.2) is 0 Å². The first kappa shape index (κ1) is 14.0. The summed E-state index contributed by atoms with van der Waals surface area (Å²) in [6.07, 6.45) is 0.483. The molecule has 1 heterocycles. The summed E-state index contributed by atoms with van der Waals surface area (Å²) in [5, 5.41) is 2.60. The van der Waals surface area contributed by atoms with Gasteiger partial charge < -0.3 is 5.32 Å². The number of hydrogen-bond donors (Lipinski definition) is 2. The fourth-order valence-electron chi connectivity index (χ4n) is 1.90. The standard InChI is InChI=1S/C12H17N3O3S/c1-15(9-10-5-3-2-4-6-10)19(17,18)14-11-7-8-13-12(11)16/h2-6,11,14H,7-9H2,1H3,(H,13,16). The van der Waals surface area contributed by atoms with Crippen LogP contribution in [0, 0.1) is 0 Å². The predicted octanol–water partition coefficient (Wildman–Crippen LogP) is -0.159. The van der Waals surface area contributed by atoms with E-state index in [-0.39, 0.29) is 12.5 Å². The van der Waals surface area contributed by atoms with Crippen molar-refractivity contribution in [1.29, 1.82) is 0 Å². The van der Waals surface area contributed by atoms with Gasteiger partial charge in [0.05, 0.1) is 0 Å². The van der Waals surface area contributed by atoms with Crippen LogP contribution in [0.15, 0.2) is 30.3 Å². The quantitative estimate of drug-likeness (QED) is 0.788. The third-order valence-electron chi connectivity index (χ3n) is 3.00. The van der Waals surface area contributed by atoms with Gasteiger partial charge in [-0.05, 0) is 12.0 Å². The molecular formula is C12H17N3O3S. The molecule has 0 spiro atoms. The summed E-state index contributed by atoms with van der Waals surface area (Å²) < 4.78 is 27.8. The van der Waals surface area contributed by atoms with Crippen LogP contribution < -0.4 is 10.0 Å². The summed E-state index contributed by atoms with van der Waals surface area (Å²) >= 11 is 0. The number of carbonyl (C=O) groups is 1. The van der Waals surface area contributed by atoms with Crippen molar-refractivity contribution in [2.75, 3.05) is 13.6 Å². The molecular weight excluding hydrogens is 266 g/mol. The van der Waals surface area contributed by atoms with Gasteiger partial charge in [0.25, 0.3) is 10.2 Å². The summed E-state index contributed by atoms with van der Waals surface area (Å²) in [7, 11) is -2.16. The predicted molar refractivity (Wildman–Crippen MR) is 71.4 cm³/mol. The molecule has 2 N–H and O–H groups in total.